The number of hydrogen-bond acceptors (Lipinski definition) is 3. The summed E-state index contributed by atoms with van der Waals surface area (Å²) in [6, 6.07) is 79.8. The van der Waals surface area contributed by atoms with Gasteiger partial charge in [-0.05, 0) is 179 Å². The Kier molecular flexibility index (Phi) is 11.4. The number of thiophene rings is 1. The van der Waals surface area contributed by atoms with E-state index in [4.69, 9.17) is 0 Å². The first kappa shape index (κ1) is 50.1. The van der Waals surface area contributed by atoms with Crippen molar-refractivity contribution in [3.8, 4) is 33.4 Å². The normalized spacial score (nSPS) is 13.4. The van der Waals surface area contributed by atoms with Gasteiger partial charge in [0.1, 0.15) is 0 Å². The van der Waals surface area contributed by atoms with Gasteiger partial charge in [-0.15, -0.1) is 11.3 Å². The molecule has 14 rings (SSSR count). The molecule has 3 heterocycles. The molecule has 0 unspecified atom stereocenters. The molecular weight excluding hydrogens is 984 g/mol. The summed E-state index contributed by atoms with van der Waals surface area (Å²) in [5.74, 6) is 0. The molecule has 12 aromatic rings. The molecule has 0 radical (unpaired) electrons. The monoisotopic (exact) mass is 1050 g/mol. The number of rotatable bonds is 5. The lowest BCUT2D eigenvalue weighted by molar-refractivity contribution is 0.590. The molecule has 2 aliphatic heterocycles. The van der Waals surface area contributed by atoms with Crippen LogP contribution in [0.3, 0.4) is 0 Å². The van der Waals surface area contributed by atoms with Crippen LogP contribution in [-0.4, -0.2) is 6.71 Å². The van der Waals surface area contributed by atoms with Crippen LogP contribution in [0.2, 0.25) is 0 Å². The molecule has 0 atom stereocenters. The van der Waals surface area contributed by atoms with Crippen LogP contribution < -0.4 is 25.5 Å². The maximum atomic E-state index is 2.66. The number of aryl methyl sites for hydroxylation is 2. The fourth-order valence-corrected chi connectivity index (χ4v) is 14.3. The average molecular weight is 1050 g/mol. The predicted octanol–water partition coefficient (Wildman–Crippen LogP) is 20.0. The zero-order valence-electron chi connectivity index (χ0n) is 48.0. The lowest BCUT2D eigenvalue weighted by Gasteiger charge is -2.44. The topological polar surface area (TPSA) is 6.48 Å². The van der Waals surface area contributed by atoms with Gasteiger partial charge in [0.2, 0.25) is 0 Å². The minimum absolute atomic E-state index is 0.0161. The molecule has 390 valence electrons. The molecule has 4 heteroatoms. The van der Waals surface area contributed by atoms with Crippen LogP contribution in [-0.2, 0) is 16.2 Å². The third-order valence-electron chi connectivity index (χ3n) is 17.5. The van der Waals surface area contributed by atoms with E-state index >= 15 is 0 Å². The maximum absolute atomic E-state index is 2.66. The predicted molar refractivity (Wildman–Crippen MR) is 350 cm³/mol. The molecule has 0 amide bonds. The third kappa shape index (κ3) is 8.04. The Morgan fingerprint density at radius 1 is 0.350 bits per heavy atom. The van der Waals surface area contributed by atoms with Gasteiger partial charge in [0.25, 0.3) is 6.71 Å². The number of fused-ring (bicyclic) bond motifs is 12. The second kappa shape index (κ2) is 18.2. The van der Waals surface area contributed by atoms with Crippen molar-refractivity contribution in [3.05, 3.63) is 234 Å². The standard InChI is InChI=1S/C76H67BN2S/c1-46-23-27-48(28-24-46)60-44-65-69(45-61(60)49-29-25-47(2)26-30-49)79(66-39-34-52(75(6,7)8)42-62(66)50-31-38-59-57-19-13-12-17-55(57)56-18-14-15-20-58(56)63(59)41-50)68-22-16-21-67-71(68)77(65)73-72(64-43-53(76(9,10)11)35-40-70(64)80-73)78(67)54-36-32-51(33-37-54)74(3,4)5/h12-45H,1-11H3. The molecule has 0 saturated carbocycles. The SMILES string of the molecule is Cc1ccc(-c2cc3c(cc2-c2ccc(C)cc2)N(c2ccc(C(C)(C)C)cc2-c2ccc4c5ccccc5c5ccccc5c4c2)c2cccc4c2B3c2sc3ccc(C(C)(C)C)cc3c2N4c2ccc(C(C)(C)C)cc2)cc1. The molecule has 11 aromatic carbocycles. The van der Waals surface area contributed by atoms with Crippen molar-refractivity contribution in [1.29, 1.82) is 0 Å². The summed E-state index contributed by atoms with van der Waals surface area (Å²) in [6.07, 6.45) is 0. The van der Waals surface area contributed by atoms with Crippen molar-refractivity contribution in [2.45, 2.75) is 92.4 Å². The van der Waals surface area contributed by atoms with Gasteiger partial charge in [-0.3, -0.25) is 0 Å². The Labute approximate surface area is 477 Å². The van der Waals surface area contributed by atoms with Crippen LogP contribution in [0.25, 0.3) is 75.8 Å². The quantitative estimate of drug-likeness (QED) is 0.125. The number of hydrogen-bond donors (Lipinski definition) is 0. The lowest BCUT2D eigenvalue weighted by Crippen LogP contribution is -2.60. The largest absolute Gasteiger partial charge is 0.311 e. The fraction of sp³-hybridized carbons (Fsp3) is 0.184. The van der Waals surface area contributed by atoms with E-state index < -0.39 is 0 Å². The van der Waals surface area contributed by atoms with E-state index in [1.807, 2.05) is 11.3 Å². The first-order valence-corrected chi connectivity index (χ1v) is 29.4. The van der Waals surface area contributed by atoms with Crippen LogP contribution in [0.1, 0.15) is 90.1 Å². The van der Waals surface area contributed by atoms with E-state index in [0.29, 0.717) is 0 Å². The summed E-state index contributed by atoms with van der Waals surface area (Å²) in [6.45, 7) is 25.3. The minimum atomic E-state index is -0.0984. The van der Waals surface area contributed by atoms with Crippen molar-refractivity contribution in [2.24, 2.45) is 0 Å². The maximum Gasteiger partial charge on any atom is 0.264 e. The molecule has 2 aliphatic rings. The summed E-state index contributed by atoms with van der Waals surface area (Å²) in [4.78, 5) is 5.28. The van der Waals surface area contributed by atoms with Gasteiger partial charge in [0, 0.05) is 43.2 Å². The highest BCUT2D eigenvalue weighted by molar-refractivity contribution is 7.33. The van der Waals surface area contributed by atoms with Crippen LogP contribution in [0, 0.1) is 13.8 Å². The number of benzene rings is 11. The van der Waals surface area contributed by atoms with Crippen molar-refractivity contribution in [2.75, 3.05) is 9.80 Å². The lowest BCUT2D eigenvalue weighted by atomic mass is 9.36. The van der Waals surface area contributed by atoms with Gasteiger partial charge in [-0.1, -0.05) is 219 Å². The minimum Gasteiger partial charge on any atom is -0.311 e. The van der Waals surface area contributed by atoms with E-state index in [0.717, 1.165) is 5.69 Å². The second-order valence-corrected chi connectivity index (χ2v) is 27.0. The summed E-state index contributed by atoms with van der Waals surface area (Å²) in [5.41, 5.74) is 23.5. The Bertz CT molecular complexity index is 4450. The zero-order valence-corrected chi connectivity index (χ0v) is 48.8. The van der Waals surface area contributed by atoms with Crippen molar-refractivity contribution < 1.29 is 0 Å². The van der Waals surface area contributed by atoms with Crippen LogP contribution in [0.5, 0.6) is 0 Å². The molecule has 1 aromatic heterocycles. The van der Waals surface area contributed by atoms with E-state index in [1.54, 1.807) is 0 Å². The van der Waals surface area contributed by atoms with Crippen molar-refractivity contribution in [3.63, 3.8) is 0 Å². The average Bonchev–Trinajstić information content (AvgIpc) is 3.86. The fourth-order valence-electron chi connectivity index (χ4n) is 13.0. The molecular formula is C76H67BN2S. The highest BCUT2D eigenvalue weighted by Gasteiger charge is 2.46. The van der Waals surface area contributed by atoms with E-state index in [1.165, 1.54) is 148 Å². The van der Waals surface area contributed by atoms with Gasteiger partial charge in [-0.2, -0.15) is 0 Å². The zero-order chi connectivity index (χ0) is 55.1. The van der Waals surface area contributed by atoms with Gasteiger partial charge in [0.15, 0.2) is 0 Å². The first-order chi connectivity index (χ1) is 38.4. The summed E-state index contributed by atoms with van der Waals surface area (Å²) >= 11 is 1.98. The second-order valence-electron chi connectivity index (χ2n) is 25.9. The van der Waals surface area contributed by atoms with Gasteiger partial charge in [-0.25, -0.2) is 0 Å². The highest BCUT2D eigenvalue weighted by Crippen LogP contribution is 2.52. The molecule has 0 N–H and O–H groups in total. The van der Waals surface area contributed by atoms with Gasteiger partial charge in [0.05, 0.1) is 11.4 Å². The summed E-state index contributed by atoms with van der Waals surface area (Å²) in [7, 11) is 0. The number of nitrogens with zero attached hydrogens (tertiary/aromatic N) is 2. The Morgan fingerprint density at radius 3 is 1.44 bits per heavy atom. The smallest absolute Gasteiger partial charge is 0.264 e. The molecule has 80 heavy (non-hydrogen) atoms. The highest BCUT2D eigenvalue weighted by atomic mass is 32.1. The first-order valence-electron chi connectivity index (χ1n) is 28.6. The summed E-state index contributed by atoms with van der Waals surface area (Å²) < 4.78 is 2.69. The van der Waals surface area contributed by atoms with Crippen LogP contribution in [0.4, 0.5) is 34.1 Å². The summed E-state index contributed by atoms with van der Waals surface area (Å²) in [5, 5.41) is 8.98. The van der Waals surface area contributed by atoms with Gasteiger partial charge < -0.3 is 9.80 Å². The van der Waals surface area contributed by atoms with Crippen molar-refractivity contribution in [1.82, 2.24) is 0 Å². The molecule has 0 saturated heterocycles. The van der Waals surface area contributed by atoms with E-state index in [-0.39, 0.29) is 23.0 Å². The Balaban J connectivity index is 1.11. The molecule has 2 nitrogen and oxygen atoms in total. The van der Waals surface area contributed by atoms with Crippen LogP contribution >= 0.6 is 11.3 Å². The molecule has 0 aliphatic carbocycles. The Hall–Kier alpha value is -8.18. The molecule has 0 fully saturated rings. The van der Waals surface area contributed by atoms with Gasteiger partial charge >= 0.3 is 0 Å². The van der Waals surface area contributed by atoms with E-state index in [2.05, 4.69) is 292 Å². The van der Waals surface area contributed by atoms with Crippen molar-refractivity contribution >= 4 is 110 Å². The van der Waals surface area contributed by atoms with E-state index in [9.17, 15) is 0 Å². The molecule has 0 spiro atoms. The number of anilines is 6. The third-order valence-corrected chi connectivity index (χ3v) is 18.7. The molecule has 0 bridgehead atoms. The Morgan fingerprint density at radius 2 is 0.850 bits per heavy atom. The van der Waals surface area contributed by atoms with Crippen LogP contribution in [0.15, 0.2) is 206 Å².